The maximum Gasteiger partial charge on any atom is 0.344 e. The molecule has 1 aromatic carbocycles. The summed E-state index contributed by atoms with van der Waals surface area (Å²) in [6, 6.07) is 5.39. The molecule has 5 rings (SSSR count). The van der Waals surface area contributed by atoms with Crippen molar-refractivity contribution in [3.8, 4) is 5.75 Å². The summed E-state index contributed by atoms with van der Waals surface area (Å²) in [5.74, 6) is -0.544. The second kappa shape index (κ2) is 6.84. The topological polar surface area (TPSA) is 88.5 Å². The average molecular weight is 445 g/mol. The number of hydrogen-bond acceptors (Lipinski definition) is 8. The molecular weight excluding hydrogens is 412 g/mol. The van der Waals surface area contributed by atoms with E-state index in [9.17, 15) is 14.7 Å². The number of hydrogen-bond donors (Lipinski definition) is 1. The zero-order valence-electron chi connectivity index (χ0n) is 19.4. The molecule has 1 spiro atoms. The number of anilines is 1. The SMILES string of the molecule is CC[C@]12CCN3CC[C@@]4(c5ccc(OC)cc5N(C)[C@H]4[C@@](O)(C(=O)OC)[C@@H]1OC(C)=O)[C@@H]32. The van der Waals surface area contributed by atoms with Gasteiger partial charge >= 0.3 is 11.9 Å². The molecule has 6 atom stereocenters. The highest BCUT2D eigenvalue weighted by Crippen LogP contribution is 2.69. The van der Waals surface area contributed by atoms with E-state index in [4.69, 9.17) is 14.2 Å². The molecule has 8 heteroatoms. The van der Waals surface area contributed by atoms with Gasteiger partial charge < -0.3 is 24.2 Å². The highest BCUT2D eigenvalue weighted by molar-refractivity contribution is 5.86. The Hall–Kier alpha value is -2.32. The van der Waals surface area contributed by atoms with Crippen LogP contribution in [0.2, 0.25) is 0 Å². The molecule has 2 saturated heterocycles. The molecule has 0 aromatic heterocycles. The van der Waals surface area contributed by atoms with Gasteiger partial charge in [0, 0.05) is 42.6 Å². The zero-order valence-corrected chi connectivity index (χ0v) is 19.4. The van der Waals surface area contributed by atoms with Gasteiger partial charge in [-0.15, -0.1) is 0 Å². The van der Waals surface area contributed by atoms with E-state index < -0.39 is 40.5 Å². The first kappa shape index (κ1) is 21.5. The fourth-order valence-corrected chi connectivity index (χ4v) is 7.91. The van der Waals surface area contributed by atoms with Crippen LogP contribution in [0.1, 0.15) is 38.7 Å². The Morgan fingerprint density at radius 2 is 1.91 bits per heavy atom. The van der Waals surface area contributed by atoms with Crippen molar-refractivity contribution in [3.05, 3.63) is 23.8 Å². The van der Waals surface area contributed by atoms with Crippen molar-refractivity contribution in [1.29, 1.82) is 0 Å². The van der Waals surface area contributed by atoms with E-state index in [2.05, 4.69) is 17.9 Å². The lowest BCUT2D eigenvalue weighted by molar-refractivity contribution is -0.229. The number of rotatable bonds is 4. The van der Waals surface area contributed by atoms with Crippen molar-refractivity contribution < 1.29 is 28.9 Å². The quantitative estimate of drug-likeness (QED) is 0.699. The van der Waals surface area contributed by atoms with Crippen LogP contribution in [0.15, 0.2) is 18.2 Å². The maximum atomic E-state index is 13.4. The van der Waals surface area contributed by atoms with Crippen LogP contribution in [0.25, 0.3) is 0 Å². The van der Waals surface area contributed by atoms with Crippen molar-refractivity contribution in [2.45, 2.75) is 62.3 Å². The number of carbonyl (C=O) groups excluding carboxylic acids is 2. The van der Waals surface area contributed by atoms with Gasteiger partial charge in [-0.1, -0.05) is 13.0 Å². The Bertz CT molecular complexity index is 983. The van der Waals surface area contributed by atoms with E-state index in [0.717, 1.165) is 37.2 Å². The van der Waals surface area contributed by atoms with Crippen LogP contribution >= 0.6 is 0 Å². The number of ether oxygens (including phenoxy) is 3. The second-order valence-electron chi connectivity index (χ2n) is 9.77. The molecule has 1 aliphatic carbocycles. The highest BCUT2D eigenvalue weighted by Gasteiger charge is 2.81. The molecular formula is C24H32N2O6. The van der Waals surface area contributed by atoms with E-state index in [0.29, 0.717) is 12.2 Å². The van der Waals surface area contributed by atoms with E-state index in [1.807, 2.05) is 24.1 Å². The molecule has 0 amide bonds. The third-order valence-corrected chi connectivity index (χ3v) is 8.83. The Morgan fingerprint density at radius 1 is 1.19 bits per heavy atom. The third kappa shape index (κ3) is 2.25. The van der Waals surface area contributed by atoms with Crippen LogP contribution in [-0.4, -0.2) is 80.1 Å². The molecule has 8 nitrogen and oxygen atoms in total. The summed E-state index contributed by atoms with van der Waals surface area (Å²) < 4.78 is 16.6. The van der Waals surface area contributed by atoms with Gasteiger partial charge in [0.05, 0.1) is 20.3 Å². The smallest absolute Gasteiger partial charge is 0.344 e. The predicted molar refractivity (Wildman–Crippen MR) is 117 cm³/mol. The molecule has 1 saturated carbocycles. The largest absolute Gasteiger partial charge is 0.497 e. The number of carbonyl (C=O) groups is 2. The summed E-state index contributed by atoms with van der Waals surface area (Å²) >= 11 is 0. The summed E-state index contributed by atoms with van der Waals surface area (Å²) in [6.45, 7) is 5.11. The molecule has 4 aliphatic rings. The van der Waals surface area contributed by atoms with Gasteiger partial charge in [-0.25, -0.2) is 4.79 Å². The molecule has 3 fully saturated rings. The lowest BCUT2D eigenvalue weighted by Crippen LogP contribution is -2.79. The van der Waals surface area contributed by atoms with Gasteiger partial charge in [0.15, 0.2) is 6.10 Å². The summed E-state index contributed by atoms with van der Waals surface area (Å²) in [5, 5.41) is 12.4. The maximum absolute atomic E-state index is 13.4. The van der Waals surface area contributed by atoms with Crippen LogP contribution in [0.4, 0.5) is 5.69 Å². The van der Waals surface area contributed by atoms with Crippen molar-refractivity contribution in [1.82, 2.24) is 4.90 Å². The van der Waals surface area contributed by atoms with Crippen LogP contribution in [0.5, 0.6) is 5.75 Å². The normalized spacial score (nSPS) is 39.3. The molecule has 0 bridgehead atoms. The molecule has 32 heavy (non-hydrogen) atoms. The third-order valence-electron chi connectivity index (χ3n) is 8.83. The standard InChI is InChI=1S/C24H32N2O6/c1-6-22-9-11-26-12-10-23(18(22)26)16-8-7-15(30-4)13-17(16)25(3)19(23)24(29,21(28)31-5)20(22)32-14(2)27/h7-8,13,18-20,29H,6,9-12H2,1-5H3/t18-,19+,20+,22+,23+,24-/m0/s1. The summed E-state index contributed by atoms with van der Waals surface area (Å²) in [7, 11) is 4.80. The van der Waals surface area contributed by atoms with Gasteiger partial charge in [-0.05, 0) is 44.0 Å². The molecule has 0 unspecified atom stereocenters. The van der Waals surface area contributed by atoms with E-state index in [1.165, 1.54) is 14.0 Å². The van der Waals surface area contributed by atoms with Crippen LogP contribution in [0, 0.1) is 5.41 Å². The first-order chi connectivity index (χ1) is 15.2. The number of nitrogens with zero attached hydrogens (tertiary/aromatic N) is 2. The Kier molecular flexibility index (Phi) is 4.60. The molecule has 1 aromatic rings. The van der Waals surface area contributed by atoms with Gasteiger partial charge in [0.2, 0.25) is 5.60 Å². The zero-order chi connectivity index (χ0) is 23.1. The van der Waals surface area contributed by atoms with Gasteiger partial charge in [0.25, 0.3) is 0 Å². The predicted octanol–water partition coefficient (Wildman–Crippen LogP) is 1.48. The summed E-state index contributed by atoms with van der Waals surface area (Å²) in [6.07, 6.45) is 1.22. The minimum absolute atomic E-state index is 0.0383. The van der Waals surface area contributed by atoms with Crippen LogP contribution in [-0.2, 0) is 24.5 Å². The summed E-state index contributed by atoms with van der Waals surface area (Å²) in [4.78, 5) is 30.2. The Balaban J connectivity index is 1.83. The van der Waals surface area contributed by atoms with Crippen molar-refractivity contribution in [2.75, 3.05) is 39.3 Å². The Labute approximate surface area is 188 Å². The van der Waals surface area contributed by atoms with Crippen LogP contribution in [0.3, 0.4) is 0 Å². The molecule has 1 N–H and O–H groups in total. The van der Waals surface area contributed by atoms with E-state index in [1.54, 1.807) is 7.11 Å². The first-order valence-electron chi connectivity index (χ1n) is 11.4. The lowest BCUT2D eigenvalue weighted by Gasteiger charge is -2.61. The fraction of sp³-hybridized carbons (Fsp3) is 0.667. The number of aliphatic hydroxyl groups is 1. The summed E-state index contributed by atoms with van der Waals surface area (Å²) in [5.41, 5.74) is -1.04. The number of fused-ring (bicyclic) bond motifs is 1. The second-order valence-corrected chi connectivity index (χ2v) is 9.77. The molecule has 3 heterocycles. The number of likely N-dealkylation sites (N-methyl/N-ethyl adjacent to an activating group) is 1. The van der Waals surface area contributed by atoms with Crippen molar-refractivity contribution in [2.24, 2.45) is 5.41 Å². The number of esters is 2. The molecule has 0 radical (unpaired) electrons. The average Bonchev–Trinajstić information content (AvgIpc) is 3.43. The minimum Gasteiger partial charge on any atom is -0.497 e. The molecule has 3 aliphatic heterocycles. The first-order valence-corrected chi connectivity index (χ1v) is 11.4. The number of methoxy groups -OCH3 is 2. The highest BCUT2D eigenvalue weighted by atomic mass is 16.6. The van der Waals surface area contributed by atoms with E-state index in [-0.39, 0.29) is 6.04 Å². The van der Waals surface area contributed by atoms with Gasteiger partial charge in [-0.3, -0.25) is 9.69 Å². The lowest BCUT2D eigenvalue weighted by atomic mass is 9.48. The van der Waals surface area contributed by atoms with Crippen molar-refractivity contribution in [3.63, 3.8) is 0 Å². The molecule has 174 valence electrons. The monoisotopic (exact) mass is 444 g/mol. The number of benzene rings is 1. The minimum atomic E-state index is -2.02. The van der Waals surface area contributed by atoms with Gasteiger partial charge in [-0.2, -0.15) is 0 Å². The van der Waals surface area contributed by atoms with Crippen LogP contribution < -0.4 is 9.64 Å². The fourth-order valence-electron chi connectivity index (χ4n) is 7.91. The van der Waals surface area contributed by atoms with E-state index >= 15 is 0 Å². The van der Waals surface area contributed by atoms with Crippen molar-refractivity contribution >= 4 is 17.6 Å². The van der Waals surface area contributed by atoms with Gasteiger partial charge in [0.1, 0.15) is 5.75 Å². The Morgan fingerprint density at radius 3 is 2.53 bits per heavy atom.